The first kappa shape index (κ1) is 24.0. The minimum absolute atomic E-state index is 0. The fourth-order valence-electron chi connectivity index (χ4n) is 3.05. The molecular weight excluding hydrogens is 470 g/mol. The first-order chi connectivity index (χ1) is 12.2. The number of halogens is 4. The lowest BCUT2D eigenvalue weighted by molar-refractivity contribution is -0.143. The molecule has 1 saturated heterocycles. The van der Waals surface area contributed by atoms with E-state index in [2.05, 4.69) is 44.8 Å². The van der Waals surface area contributed by atoms with E-state index in [1.54, 1.807) is 7.05 Å². The number of nitrogens with one attached hydrogen (secondary N) is 2. The zero-order valence-corrected chi connectivity index (χ0v) is 18.3. The minimum atomic E-state index is -4.15. The normalized spacial score (nSPS) is 18.5. The van der Waals surface area contributed by atoms with E-state index < -0.39 is 12.7 Å². The molecule has 0 amide bonds. The van der Waals surface area contributed by atoms with Crippen LogP contribution in [-0.4, -0.2) is 68.8 Å². The van der Waals surface area contributed by atoms with Crippen LogP contribution in [-0.2, 0) is 13.1 Å². The number of alkyl halides is 3. The zero-order valence-electron chi connectivity index (χ0n) is 16.0. The second-order valence-electron chi connectivity index (χ2n) is 6.96. The van der Waals surface area contributed by atoms with Crippen molar-refractivity contribution in [2.24, 2.45) is 4.99 Å². The first-order valence-corrected chi connectivity index (χ1v) is 8.74. The van der Waals surface area contributed by atoms with Crippen LogP contribution >= 0.6 is 24.0 Å². The molecule has 1 aromatic carbocycles. The van der Waals surface area contributed by atoms with Crippen LogP contribution in [0, 0.1) is 0 Å². The van der Waals surface area contributed by atoms with E-state index in [4.69, 9.17) is 0 Å². The van der Waals surface area contributed by atoms with Gasteiger partial charge in [-0.3, -0.25) is 9.89 Å². The topological polar surface area (TPSA) is 42.9 Å². The summed E-state index contributed by atoms with van der Waals surface area (Å²) in [6, 6.07) is 8.31. The molecule has 5 nitrogen and oxygen atoms in total. The molecule has 0 aromatic heterocycles. The fourth-order valence-corrected chi connectivity index (χ4v) is 3.05. The summed E-state index contributed by atoms with van der Waals surface area (Å²) >= 11 is 0. The lowest BCUT2D eigenvalue weighted by atomic mass is 10.1. The summed E-state index contributed by atoms with van der Waals surface area (Å²) in [5.41, 5.74) is 2.37. The highest BCUT2D eigenvalue weighted by Gasteiger charge is 2.34. The maximum absolute atomic E-state index is 12.5. The van der Waals surface area contributed by atoms with Crippen molar-refractivity contribution in [1.29, 1.82) is 0 Å². The molecule has 2 rings (SSSR count). The van der Waals surface area contributed by atoms with Crippen molar-refractivity contribution < 1.29 is 13.2 Å². The third kappa shape index (κ3) is 9.11. The van der Waals surface area contributed by atoms with Crippen LogP contribution in [0.3, 0.4) is 0 Å². The third-order valence-electron chi connectivity index (χ3n) is 4.22. The van der Waals surface area contributed by atoms with Gasteiger partial charge in [0.2, 0.25) is 0 Å². The smallest absolute Gasteiger partial charge is 0.352 e. The summed E-state index contributed by atoms with van der Waals surface area (Å²) in [6.45, 7) is 1.48. The van der Waals surface area contributed by atoms with Gasteiger partial charge in [0.1, 0.15) is 0 Å². The van der Waals surface area contributed by atoms with Crippen molar-refractivity contribution >= 4 is 29.9 Å². The van der Waals surface area contributed by atoms with Gasteiger partial charge in [-0.2, -0.15) is 13.2 Å². The summed E-state index contributed by atoms with van der Waals surface area (Å²) in [5.74, 6) is 0.612. The number of hydrogen-bond donors (Lipinski definition) is 2. The molecule has 154 valence electrons. The Labute approximate surface area is 176 Å². The molecule has 9 heteroatoms. The van der Waals surface area contributed by atoms with E-state index >= 15 is 0 Å². The number of benzene rings is 1. The van der Waals surface area contributed by atoms with Gasteiger partial charge in [0.25, 0.3) is 0 Å². The second kappa shape index (κ2) is 11.1. The van der Waals surface area contributed by atoms with Gasteiger partial charge >= 0.3 is 6.18 Å². The Morgan fingerprint density at radius 1 is 1.22 bits per heavy atom. The maximum atomic E-state index is 12.5. The van der Waals surface area contributed by atoms with Crippen LogP contribution in [0.25, 0.3) is 0 Å². The summed E-state index contributed by atoms with van der Waals surface area (Å²) in [6.07, 6.45) is -3.47. The molecule has 1 aliphatic heterocycles. The van der Waals surface area contributed by atoms with Crippen LogP contribution in [0.15, 0.2) is 29.3 Å². The third-order valence-corrected chi connectivity index (χ3v) is 4.22. The van der Waals surface area contributed by atoms with E-state index in [1.807, 2.05) is 14.1 Å². The van der Waals surface area contributed by atoms with E-state index in [0.717, 1.165) is 12.1 Å². The number of rotatable bonds is 6. The molecule has 1 fully saturated rings. The summed E-state index contributed by atoms with van der Waals surface area (Å²) < 4.78 is 37.4. The van der Waals surface area contributed by atoms with Crippen molar-refractivity contribution in [2.45, 2.75) is 31.7 Å². The highest BCUT2D eigenvalue weighted by atomic mass is 127. The maximum Gasteiger partial charge on any atom is 0.401 e. The molecule has 0 saturated carbocycles. The lowest BCUT2D eigenvalue weighted by Gasteiger charge is -2.20. The van der Waals surface area contributed by atoms with Crippen molar-refractivity contribution in [1.82, 2.24) is 20.4 Å². The lowest BCUT2D eigenvalue weighted by Crippen LogP contribution is -2.44. The molecule has 1 unspecified atom stereocenters. The largest absolute Gasteiger partial charge is 0.401 e. The quantitative estimate of drug-likeness (QED) is 0.359. The van der Waals surface area contributed by atoms with Crippen molar-refractivity contribution in [3.05, 3.63) is 35.4 Å². The second-order valence-corrected chi connectivity index (χ2v) is 6.96. The molecular formula is C18H29F3IN5. The highest BCUT2D eigenvalue weighted by Crippen LogP contribution is 2.19. The van der Waals surface area contributed by atoms with Gasteiger partial charge in [-0.1, -0.05) is 24.3 Å². The van der Waals surface area contributed by atoms with Gasteiger partial charge in [-0.05, 0) is 31.6 Å². The van der Waals surface area contributed by atoms with E-state index in [9.17, 15) is 13.2 Å². The Bertz CT molecular complexity index is 590. The Hall–Kier alpha value is -1.07. The van der Waals surface area contributed by atoms with E-state index in [0.29, 0.717) is 32.0 Å². The Balaban J connectivity index is 0.00000364. The SMILES string of the molecule is CN=C(NCc1ccc(CN(C)C)cc1)NC1CCN(CC(F)(F)F)C1.I. The van der Waals surface area contributed by atoms with Gasteiger partial charge in [0.05, 0.1) is 6.54 Å². The van der Waals surface area contributed by atoms with Crippen molar-refractivity contribution in [2.75, 3.05) is 40.8 Å². The summed E-state index contributed by atoms with van der Waals surface area (Å²) in [7, 11) is 5.73. The van der Waals surface area contributed by atoms with Crippen LogP contribution in [0.1, 0.15) is 17.5 Å². The summed E-state index contributed by atoms with van der Waals surface area (Å²) in [5, 5.41) is 6.44. The molecule has 27 heavy (non-hydrogen) atoms. The van der Waals surface area contributed by atoms with Crippen LogP contribution in [0.5, 0.6) is 0 Å². The first-order valence-electron chi connectivity index (χ1n) is 8.74. The van der Waals surface area contributed by atoms with Gasteiger partial charge in [-0.25, -0.2) is 0 Å². The van der Waals surface area contributed by atoms with Gasteiger partial charge in [0.15, 0.2) is 5.96 Å². The molecule has 1 aliphatic rings. The number of likely N-dealkylation sites (tertiary alicyclic amines) is 1. The zero-order chi connectivity index (χ0) is 19.2. The number of guanidine groups is 1. The van der Waals surface area contributed by atoms with Crippen LogP contribution in [0.2, 0.25) is 0 Å². The molecule has 0 aliphatic carbocycles. The Morgan fingerprint density at radius 3 is 2.41 bits per heavy atom. The Kier molecular flexibility index (Phi) is 9.82. The predicted molar refractivity (Wildman–Crippen MR) is 113 cm³/mol. The molecule has 0 bridgehead atoms. The molecule has 1 aromatic rings. The van der Waals surface area contributed by atoms with E-state index in [1.165, 1.54) is 10.5 Å². The predicted octanol–water partition coefficient (Wildman–Crippen LogP) is 2.67. The van der Waals surface area contributed by atoms with Crippen molar-refractivity contribution in [3.8, 4) is 0 Å². The average Bonchev–Trinajstić information content (AvgIpc) is 2.97. The number of hydrogen-bond acceptors (Lipinski definition) is 3. The molecule has 0 spiro atoms. The monoisotopic (exact) mass is 499 g/mol. The fraction of sp³-hybridized carbons (Fsp3) is 0.611. The highest BCUT2D eigenvalue weighted by molar-refractivity contribution is 14.0. The number of nitrogens with zero attached hydrogens (tertiary/aromatic N) is 3. The standard InChI is InChI=1S/C18H28F3N5.HI/c1-22-17(24-16-8-9-26(12-16)13-18(19,20)21)23-10-14-4-6-15(7-5-14)11-25(2)3;/h4-7,16H,8-13H2,1-3H3,(H2,22,23,24);1H. The molecule has 1 atom stereocenters. The number of aliphatic imine (C=N–C) groups is 1. The molecule has 0 radical (unpaired) electrons. The molecule has 2 N–H and O–H groups in total. The van der Waals surface area contributed by atoms with Gasteiger partial charge in [0, 0.05) is 39.3 Å². The van der Waals surface area contributed by atoms with Crippen LogP contribution in [0.4, 0.5) is 13.2 Å². The average molecular weight is 499 g/mol. The minimum Gasteiger partial charge on any atom is -0.352 e. The van der Waals surface area contributed by atoms with Gasteiger partial charge < -0.3 is 15.5 Å². The van der Waals surface area contributed by atoms with E-state index in [-0.39, 0.29) is 30.0 Å². The van der Waals surface area contributed by atoms with Crippen molar-refractivity contribution in [3.63, 3.8) is 0 Å². The Morgan fingerprint density at radius 2 is 1.85 bits per heavy atom. The van der Waals surface area contributed by atoms with Crippen LogP contribution < -0.4 is 10.6 Å². The van der Waals surface area contributed by atoms with Gasteiger partial charge in [-0.15, -0.1) is 24.0 Å². The molecule has 1 heterocycles. The summed E-state index contributed by atoms with van der Waals surface area (Å²) in [4.78, 5) is 7.71.